The molecule has 0 bridgehead atoms. The van der Waals surface area contributed by atoms with Gasteiger partial charge in [0.2, 0.25) is 0 Å². The van der Waals surface area contributed by atoms with Crippen LogP contribution in [0.5, 0.6) is 5.75 Å². The van der Waals surface area contributed by atoms with Gasteiger partial charge in [-0.3, -0.25) is 0 Å². The number of likely N-dealkylation sites (N-methyl/N-ethyl adjacent to an activating group) is 1. The number of methoxy groups -OCH3 is 1. The van der Waals surface area contributed by atoms with Crippen LogP contribution in [-0.2, 0) is 11.3 Å². The number of hydrogen-bond donors (Lipinski definition) is 2. The highest BCUT2D eigenvalue weighted by molar-refractivity contribution is 5.79. The van der Waals surface area contributed by atoms with E-state index in [-0.39, 0.29) is 0 Å². The number of rotatable bonds is 13. The molecule has 0 heterocycles. The largest absolute Gasteiger partial charge is 0.493 e. The van der Waals surface area contributed by atoms with Crippen LogP contribution < -0.4 is 15.4 Å². The van der Waals surface area contributed by atoms with E-state index >= 15 is 0 Å². The highest BCUT2D eigenvalue weighted by Gasteiger charge is 2.22. The Kier molecular flexibility index (Phi) is 10.0. The molecule has 2 rings (SSSR count). The fourth-order valence-corrected chi connectivity index (χ4v) is 2.73. The third kappa shape index (κ3) is 9.11. The molecular formula is C21H36N4O2. The zero-order valence-corrected chi connectivity index (χ0v) is 17.2. The smallest absolute Gasteiger partial charge is 0.191 e. The van der Waals surface area contributed by atoms with Crippen molar-refractivity contribution in [3.63, 3.8) is 0 Å². The Hall–Kier alpha value is -1.79. The molecule has 0 radical (unpaired) electrons. The normalized spacial score (nSPS) is 14.4. The quantitative estimate of drug-likeness (QED) is 0.315. The fourth-order valence-electron chi connectivity index (χ4n) is 2.73. The van der Waals surface area contributed by atoms with Crippen LogP contribution in [0.25, 0.3) is 0 Å². The molecule has 1 aromatic carbocycles. The molecule has 0 atom stereocenters. The molecule has 0 aliphatic heterocycles. The lowest BCUT2D eigenvalue weighted by molar-refractivity contribution is 0.180. The number of para-hydroxylation sites is 1. The molecule has 1 saturated carbocycles. The van der Waals surface area contributed by atoms with Gasteiger partial charge in [-0.1, -0.05) is 18.2 Å². The number of benzene rings is 1. The highest BCUT2D eigenvalue weighted by Crippen LogP contribution is 2.30. The van der Waals surface area contributed by atoms with Gasteiger partial charge < -0.3 is 25.0 Å². The lowest BCUT2D eigenvalue weighted by Gasteiger charge is -2.18. The average molecular weight is 377 g/mol. The highest BCUT2D eigenvalue weighted by atomic mass is 16.5. The van der Waals surface area contributed by atoms with E-state index in [0.717, 1.165) is 69.0 Å². The Bertz CT molecular complexity index is 561. The maximum absolute atomic E-state index is 5.99. The van der Waals surface area contributed by atoms with Crippen LogP contribution in [0, 0.1) is 5.92 Å². The molecule has 1 aliphatic rings. The summed E-state index contributed by atoms with van der Waals surface area (Å²) in [4.78, 5) is 7.04. The predicted molar refractivity (Wildman–Crippen MR) is 111 cm³/mol. The molecule has 27 heavy (non-hydrogen) atoms. The van der Waals surface area contributed by atoms with Gasteiger partial charge in [0.15, 0.2) is 5.96 Å². The molecule has 1 fully saturated rings. The Morgan fingerprint density at radius 3 is 2.78 bits per heavy atom. The van der Waals surface area contributed by atoms with Gasteiger partial charge in [-0.15, -0.1) is 0 Å². The minimum Gasteiger partial charge on any atom is -0.493 e. The second-order valence-electron chi connectivity index (χ2n) is 7.13. The minimum atomic E-state index is 0.611. The van der Waals surface area contributed by atoms with Crippen molar-refractivity contribution in [1.82, 2.24) is 15.5 Å². The summed E-state index contributed by atoms with van der Waals surface area (Å²) in [6, 6.07) is 8.21. The topological polar surface area (TPSA) is 58.1 Å². The van der Waals surface area contributed by atoms with Crippen LogP contribution in [0.2, 0.25) is 0 Å². The number of nitrogens with one attached hydrogen (secondary N) is 2. The van der Waals surface area contributed by atoms with Crippen LogP contribution in [-0.4, -0.2) is 64.4 Å². The Labute approximate surface area is 164 Å². The summed E-state index contributed by atoms with van der Waals surface area (Å²) >= 11 is 0. The van der Waals surface area contributed by atoms with Crippen molar-refractivity contribution in [3.05, 3.63) is 29.8 Å². The van der Waals surface area contributed by atoms with Crippen LogP contribution in [0.3, 0.4) is 0 Å². The predicted octanol–water partition coefficient (Wildman–Crippen LogP) is 2.50. The standard InChI is InChI=1S/C21H36N4O2/c1-4-22-21(23-12-14-25(2)13-7-15-26-3)24-16-19-8-5-6-9-20(19)27-17-18-10-11-18/h5-6,8-9,18H,4,7,10-17H2,1-3H3,(H2,22,23,24). The van der Waals surface area contributed by atoms with E-state index in [1.54, 1.807) is 7.11 Å². The van der Waals surface area contributed by atoms with E-state index in [1.807, 2.05) is 18.2 Å². The summed E-state index contributed by atoms with van der Waals surface area (Å²) in [5.74, 6) is 2.56. The number of ether oxygens (including phenoxy) is 2. The first-order valence-electron chi connectivity index (χ1n) is 10.1. The van der Waals surface area contributed by atoms with Gasteiger partial charge >= 0.3 is 0 Å². The van der Waals surface area contributed by atoms with E-state index in [2.05, 4.69) is 35.6 Å². The van der Waals surface area contributed by atoms with Crippen LogP contribution in [0.15, 0.2) is 29.3 Å². The number of hydrogen-bond acceptors (Lipinski definition) is 4. The van der Waals surface area contributed by atoms with E-state index in [4.69, 9.17) is 14.5 Å². The summed E-state index contributed by atoms with van der Waals surface area (Å²) in [5, 5.41) is 6.74. The van der Waals surface area contributed by atoms with Gasteiger partial charge in [-0.05, 0) is 45.2 Å². The van der Waals surface area contributed by atoms with E-state index in [1.165, 1.54) is 12.8 Å². The zero-order chi connectivity index (χ0) is 19.3. The summed E-state index contributed by atoms with van der Waals surface area (Å²) in [6.45, 7) is 8.04. The van der Waals surface area contributed by atoms with Crippen LogP contribution in [0.1, 0.15) is 31.7 Å². The molecule has 1 aromatic rings. The molecule has 0 saturated heterocycles. The van der Waals surface area contributed by atoms with Crippen LogP contribution >= 0.6 is 0 Å². The van der Waals surface area contributed by atoms with Crippen LogP contribution in [0.4, 0.5) is 0 Å². The maximum Gasteiger partial charge on any atom is 0.191 e. The molecule has 152 valence electrons. The molecule has 1 aliphatic carbocycles. The molecule has 0 spiro atoms. The van der Waals surface area contributed by atoms with E-state index in [9.17, 15) is 0 Å². The van der Waals surface area contributed by atoms with Crippen molar-refractivity contribution < 1.29 is 9.47 Å². The van der Waals surface area contributed by atoms with Gasteiger partial charge in [-0.2, -0.15) is 0 Å². The summed E-state index contributed by atoms with van der Waals surface area (Å²) in [5.41, 5.74) is 1.13. The van der Waals surface area contributed by atoms with Crippen molar-refractivity contribution in [2.45, 2.75) is 32.7 Å². The maximum atomic E-state index is 5.99. The van der Waals surface area contributed by atoms with Crippen molar-refractivity contribution >= 4 is 5.96 Å². The van der Waals surface area contributed by atoms with Gasteiger partial charge in [0.05, 0.1) is 13.2 Å². The monoisotopic (exact) mass is 376 g/mol. The Morgan fingerprint density at radius 1 is 1.22 bits per heavy atom. The Morgan fingerprint density at radius 2 is 2.04 bits per heavy atom. The van der Waals surface area contributed by atoms with Crippen molar-refractivity contribution in [2.75, 3.05) is 53.6 Å². The molecule has 0 unspecified atom stereocenters. The first-order chi connectivity index (χ1) is 13.2. The van der Waals surface area contributed by atoms with Crippen molar-refractivity contribution in [3.8, 4) is 5.75 Å². The van der Waals surface area contributed by atoms with E-state index in [0.29, 0.717) is 6.54 Å². The van der Waals surface area contributed by atoms with Crippen molar-refractivity contribution in [1.29, 1.82) is 0 Å². The fraction of sp³-hybridized carbons (Fsp3) is 0.667. The molecule has 0 aromatic heterocycles. The second-order valence-corrected chi connectivity index (χ2v) is 7.13. The minimum absolute atomic E-state index is 0.611. The van der Waals surface area contributed by atoms with E-state index < -0.39 is 0 Å². The second kappa shape index (κ2) is 12.6. The SMILES string of the molecule is CCNC(=NCc1ccccc1OCC1CC1)NCCN(C)CCCOC. The third-order valence-electron chi connectivity index (χ3n) is 4.57. The van der Waals surface area contributed by atoms with Gasteiger partial charge in [0.1, 0.15) is 5.75 Å². The number of aliphatic imine (C=N–C) groups is 1. The molecule has 0 amide bonds. The lowest BCUT2D eigenvalue weighted by Crippen LogP contribution is -2.41. The summed E-state index contributed by atoms with van der Waals surface area (Å²) in [6.07, 6.45) is 3.66. The zero-order valence-electron chi connectivity index (χ0n) is 17.2. The number of guanidine groups is 1. The van der Waals surface area contributed by atoms with Gasteiger partial charge in [0.25, 0.3) is 0 Å². The summed E-state index contributed by atoms with van der Waals surface area (Å²) in [7, 11) is 3.88. The van der Waals surface area contributed by atoms with Gasteiger partial charge in [0, 0.05) is 45.5 Å². The first-order valence-corrected chi connectivity index (χ1v) is 10.1. The number of nitrogens with zero attached hydrogens (tertiary/aromatic N) is 2. The van der Waals surface area contributed by atoms with Crippen molar-refractivity contribution in [2.24, 2.45) is 10.9 Å². The average Bonchev–Trinajstić information content (AvgIpc) is 3.50. The Balaban J connectivity index is 1.80. The molecule has 6 nitrogen and oxygen atoms in total. The molecule has 2 N–H and O–H groups in total. The first kappa shape index (κ1) is 21.5. The summed E-state index contributed by atoms with van der Waals surface area (Å²) < 4.78 is 11.1. The molecule has 6 heteroatoms. The molecular weight excluding hydrogens is 340 g/mol. The lowest BCUT2D eigenvalue weighted by atomic mass is 10.2. The third-order valence-corrected chi connectivity index (χ3v) is 4.57. The van der Waals surface area contributed by atoms with Gasteiger partial charge in [-0.25, -0.2) is 4.99 Å².